The normalized spacial score (nSPS) is 28.7. The van der Waals surface area contributed by atoms with E-state index >= 15 is 0 Å². The summed E-state index contributed by atoms with van der Waals surface area (Å²) in [6, 6.07) is 0.0462. The van der Waals surface area contributed by atoms with Crippen LogP contribution in [0.1, 0.15) is 54.4 Å². The third-order valence-corrected chi connectivity index (χ3v) is 2.86. The van der Waals surface area contributed by atoms with Crippen molar-refractivity contribution in [2.75, 3.05) is 0 Å². The van der Waals surface area contributed by atoms with Gasteiger partial charge in [-0.25, -0.2) is 0 Å². The van der Waals surface area contributed by atoms with Crippen molar-refractivity contribution < 1.29 is 14.3 Å². The molecule has 1 aliphatic carbocycles. The van der Waals surface area contributed by atoms with E-state index in [1.54, 1.807) is 0 Å². The molecule has 4 nitrogen and oxygen atoms in total. The highest BCUT2D eigenvalue weighted by atomic mass is 16.6. The van der Waals surface area contributed by atoms with Gasteiger partial charge in [0, 0.05) is 12.0 Å². The van der Waals surface area contributed by atoms with Crippen LogP contribution in [-0.2, 0) is 14.3 Å². The molecule has 0 radical (unpaired) electrons. The van der Waals surface area contributed by atoms with Gasteiger partial charge in [0.05, 0.1) is 18.1 Å². The minimum atomic E-state index is -0.439. The second-order valence-electron chi connectivity index (χ2n) is 7.12. The summed E-state index contributed by atoms with van der Waals surface area (Å²) in [5, 5.41) is 0. The number of ether oxygens (including phenoxy) is 2. The predicted octanol–water partition coefficient (Wildman–Crippen LogP) is 2.25. The summed E-state index contributed by atoms with van der Waals surface area (Å²) in [6.45, 7) is 11.7. The summed E-state index contributed by atoms with van der Waals surface area (Å²) in [6.07, 6.45) is 1.25. The van der Waals surface area contributed by atoms with Crippen molar-refractivity contribution in [3.05, 3.63) is 0 Å². The van der Waals surface area contributed by atoms with Gasteiger partial charge < -0.3 is 15.2 Å². The Bertz CT molecular complexity index is 301. The lowest BCUT2D eigenvalue weighted by Gasteiger charge is -2.45. The molecule has 0 heterocycles. The Morgan fingerprint density at radius 1 is 1.17 bits per heavy atom. The maximum absolute atomic E-state index is 11.8. The maximum Gasteiger partial charge on any atom is 0.306 e. The molecule has 1 fully saturated rings. The van der Waals surface area contributed by atoms with E-state index in [1.165, 1.54) is 0 Å². The molecule has 2 N–H and O–H groups in total. The Kier molecular flexibility index (Phi) is 4.44. The van der Waals surface area contributed by atoms with Crippen LogP contribution < -0.4 is 5.73 Å². The Morgan fingerprint density at radius 3 is 2.11 bits per heavy atom. The van der Waals surface area contributed by atoms with E-state index in [9.17, 15) is 4.79 Å². The van der Waals surface area contributed by atoms with E-state index in [0.717, 1.165) is 6.42 Å². The van der Waals surface area contributed by atoms with E-state index in [4.69, 9.17) is 15.2 Å². The fourth-order valence-corrected chi connectivity index (χ4v) is 2.15. The first-order chi connectivity index (χ1) is 7.98. The van der Waals surface area contributed by atoms with E-state index in [0.29, 0.717) is 6.42 Å². The van der Waals surface area contributed by atoms with Crippen molar-refractivity contribution in [1.82, 2.24) is 0 Å². The summed E-state index contributed by atoms with van der Waals surface area (Å²) in [4.78, 5) is 11.8. The monoisotopic (exact) mass is 257 g/mol. The zero-order valence-electron chi connectivity index (χ0n) is 12.4. The van der Waals surface area contributed by atoms with Gasteiger partial charge in [-0.3, -0.25) is 4.79 Å². The van der Waals surface area contributed by atoms with Crippen LogP contribution in [0.2, 0.25) is 0 Å². The van der Waals surface area contributed by atoms with Crippen LogP contribution in [0.4, 0.5) is 0 Å². The zero-order valence-corrected chi connectivity index (χ0v) is 12.4. The molecule has 0 aromatic carbocycles. The lowest BCUT2D eigenvalue weighted by atomic mass is 9.74. The molecular formula is C14H27NO3. The summed E-state index contributed by atoms with van der Waals surface area (Å²) < 4.78 is 11.2. The van der Waals surface area contributed by atoms with Crippen LogP contribution in [0, 0.1) is 5.92 Å². The molecule has 3 atom stereocenters. The van der Waals surface area contributed by atoms with Crippen molar-refractivity contribution in [3.8, 4) is 0 Å². The Balaban J connectivity index is 2.47. The van der Waals surface area contributed by atoms with E-state index < -0.39 is 5.60 Å². The maximum atomic E-state index is 11.8. The average Bonchev–Trinajstić information content (AvgIpc) is 2.09. The van der Waals surface area contributed by atoms with Gasteiger partial charge in [0.2, 0.25) is 0 Å². The number of rotatable bonds is 3. The van der Waals surface area contributed by atoms with Crippen molar-refractivity contribution >= 4 is 5.97 Å². The third-order valence-electron chi connectivity index (χ3n) is 2.86. The minimum Gasteiger partial charge on any atom is -0.460 e. The molecule has 1 rings (SSSR count). The largest absolute Gasteiger partial charge is 0.460 e. The lowest BCUT2D eigenvalue weighted by Crippen LogP contribution is -2.55. The molecule has 0 aromatic heterocycles. The van der Waals surface area contributed by atoms with Crippen molar-refractivity contribution in [1.29, 1.82) is 0 Å². The number of hydrogen-bond donors (Lipinski definition) is 1. The summed E-state index contributed by atoms with van der Waals surface area (Å²) in [7, 11) is 0. The van der Waals surface area contributed by atoms with Gasteiger partial charge in [0.1, 0.15) is 5.60 Å². The Hall–Kier alpha value is -0.610. The third kappa shape index (κ3) is 4.94. The van der Waals surface area contributed by atoms with E-state index in [-0.39, 0.29) is 29.6 Å². The summed E-state index contributed by atoms with van der Waals surface area (Å²) in [5.74, 6) is -0.107. The quantitative estimate of drug-likeness (QED) is 0.788. The fourth-order valence-electron chi connectivity index (χ4n) is 2.15. The van der Waals surface area contributed by atoms with Crippen molar-refractivity contribution in [2.24, 2.45) is 11.7 Å². The van der Waals surface area contributed by atoms with E-state index in [1.807, 2.05) is 41.5 Å². The predicted molar refractivity (Wildman–Crippen MR) is 71.2 cm³/mol. The highest BCUT2D eigenvalue weighted by Gasteiger charge is 2.43. The van der Waals surface area contributed by atoms with Crippen LogP contribution in [0.5, 0.6) is 0 Å². The first-order valence-corrected chi connectivity index (χ1v) is 6.63. The highest BCUT2D eigenvalue weighted by Crippen LogP contribution is 2.35. The van der Waals surface area contributed by atoms with Crippen LogP contribution in [0.15, 0.2) is 0 Å². The molecule has 18 heavy (non-hydrogen) atoms. The second-order valence-corrected chi connectivity index (χ2v) is 7.12. The van der Waals surface area contributed by atoms with Gasteiger partial charge in [0.15, 0.2) is 0 Å². The summed E-state index contributed by atoms with van der Waals surface area (Å²) >= 11 is 0. The van der Waals surface area contributed by atoms with Crippen LogP contribution in [0.25, 0.3) is 0 Å². The van der Waals surface area contributed by atoms with Gasteiger partial charge in [-0.2, -0.15) is 0 Å². The first kappa shape index (κ1) is 15.4. The standard InChI is InChI=1S/C14H27NO3/c1-13(2,3)17-11-8-10(15)9(11)7-12(16)18-14(4,5)6/h9-11H,7-8,15H2,1-6H3/t9-,10+,11-/m1/s1. The van der Waals surface area contributed by atoms with Gasteiger partial charge in [-0.1, -0.05) is 0 Å². The topological polar surface area (TPSA) is 61.5 Å². The molecule has 0 amide bonds. The Labute approximate surface area is 110 Å². The number of esters is 1. The molecule has 0 saturated heterocycles. The molecule has 1 saturated carbocycles. The van der Waals surface area contributed by atoms with Gasteiger partial charge in [-0.15, -0.1) is 0 Å². The van der Waals surface area contributed by atoms with Crippen molar-refractivity contribution in [3.63, 3.8) is 0 Å². The number of hydrogen-bond acceptors (Lipinski definition) is 4. The lowest BCUT2D eigenvalue weighted by molar-refractivity contribution is -0.167. The van der Waals surface area contributed by atoms with E-state index in [2.05, 4.69) is 0 Å². The fraction of sp³-hybridized carbons (Fsp3) is 0.929. The minimum absolute atomic E-state index is 0.0462. The molecule has 4 heteroatoms. The highest BCUT2D eigenvalue weighted by molar-refractivity contribution is 5.70. The summed E-state index contributed by atoms with van der Waals surface area (Å²) in [5.41, 5.74) is 5.32. The Morgan fingerprint density at radius 2 is 1.72 bits per heavy atom. The smallest absolute Gasteiger partial charge is 0.306 e. The molecule has 0 aromatic rings. The SMILES string of the molecule is CC(C)(C)OC(=O)C[C@@H]1[C@@H](N)C[C@H]1OC(C)(C)C. The molecule has 1 aliphatic rings. The van der Waals surface area contributed by atoms with Gasteiger partial charge >= 0.3 is 5.97 Å². The number of carbonyl (C=O) groups is 1. The average molecular weight is 257 g/mol. The number of nitrogens with two attached hydrogens (primary N) is 1. The van der Waals surface area contributed by atoms with Crippen molar-refractivity contribution in [2.45, 2.75) is 77.7 Å². The molecule has 106 valence electrons. The van der Waals surface area contributed by atoms with Crippen LogP contribution >= 0.6 is 0 Å². The van der Waals surface area contributed by atoms with Crippen LogP contribution in [0.3, 0.4) is 0 Å². The van der Waals surface area contributed by atoms with Gasteiger partial charge in [0.25, 0.3) is 0 Å². The molecule has 0 spiro atoms. The molecule has 0 bridgehead atoms. The van der Waals surface area contributed by atoms with Gasteiger partial charge in [-0.05, 0) is 48.0 Å². The van der Waals surface area contributed by atoms with Crippen LogP contribution in [-0.4, -0.2) is 29.3 Å². The molecule has 0 unspecified atom stereocenters. The number of carbonyl (C=O) groups excluding carboxylic acids is 1. The molecule has 0 aliphatic heterocycles. The molecular weight excluding hydrogens is 230 g/mol. The zero-order chi connectivity index (χ0) is 14.1. The second kappa shape index (κ2) is 5.17. The first-order valence-electron chi connectivity index (χ1n) is 6.63.